The number of nitrogens with two attached hydrogens (primary N) is 1. The number of likely N-dealkylation sites (N-methyl/N-ethyl adjacent to an activating group) is 1. The molecule has 0 aliphatic carbocycles. The van der Waals surface area contributed by atoms with E-state index in [2.05, 4.69) is 20.9 Å². The Balaban J connectivity index is 2.07. The molecule has 1 amide bonds. The van der Waals surface area contributed by atoms with Gasteiger partial charge in [-0.15, -0.1) is 0 Å². The minimum atomic E-state index is -3.75. The lowest BCUT2D eigenvalue weighted by atomic mass is 10.1. The van der Waals surface area contributed by atoms with Gasteiger partial charge in [0.15, 0.2) is 0 Å². The summed E-state index contributed by atoms with van der Waals surface area (Å²) in [5.74, 6) is -0.214. The first-order valence-corrected chi connectivity index (χ1v) is 8.91. The molecule has 1 aliphatic rings. The van der Waals surface area contributed by atoms with Crippen molar-refractivity contribution in [2.24, 2.45) is 10.1 Å². The fourth-order valence-electron chi connectivity index (χ4n) is 2.32. The summed E-state index contributed by atoms with van der Waals surface area (Å²) in [6, 6.07) is 11.3. The van der Waals surface area contributed by atoms with Crippen molar-refractivity contribution in [1.82, 2.24) is 0 Å². The van der Waals surface area contributed by atoms with Crippen LogP contribution in [0.3, 0.4) is 0 Å². The van der Waals surface area contributed by atoms with E-state index in [1.165, 1.54) is 29.2 Å². The van der Waals surface area contributed by atoms with Gasteiger partial charge in [-0.25, -0.2) is 18.5 Å². The third-order valence-corrected chi connectivity index (χ3v) is 4.91. The van der Waals surface area contributed by atoms with Crippen LogP contribution in [-0.2, 0) is 14.8 Å². The van der Waals surface area contributed by atoms with Crippen LogP contribution in [0.5, 0.6) is 0 Å². The normalized spacial score (nSPS) is 16.0. The van der Waals surface area contributed by atoms with Crippen LogP contribution in [-0.4, -0.2) is 27.1 Å². The van der Waals surface area contributed by atoms with Gasteiger partial charge in [0.25, 0.3) is 5.91 Å². The van der Waals surface area contributed by atoms with Gasteiger partial charge < -0.3 is 4.90 Å². The van der Waals surface area contributed by atoms with E-state index in [1.807, 2.05) is 18.2 Å². The number of primary sulfonamides is 1. The van der Waals surface area contributed by atoms with Crippen LogP contribution in [0.15, 0.2) is 56.8 Å². The van der Waals surface area contributed by atoms with Crippen LogP contribution in [0.4, 0.5) is 11.4 Å². The molecule has 0 aromatic heterocycles. The number of hydrogen-bond donors (Lipinski definition) is 1. The van der Waals surface area contributed by atoms with E-state index < -0.39 is 10.0 Å². The van der Waals surface area contributed by atoms with E-state index in [0.29, 0.717) is 11.4 Å². The monoisotopic (exact) mass is 393 g/mol. The van der Waals surface area contributed by atoms with Crippen molar-refractivity contribution in [3.05, 3.63) is 52.5 Å². The first-order chi connectivity index (χ1) is 10.8. The second-order valence-electron chi connectivity index (χ2n) is 5.02. The largest absolute Gasteiger partial charge is 0.309 e. The standard InChI is InChI=1S/C15H12BrN3O3S/c1-19-13-7-2-9(16)8-12(13)14(15(19)20)18-10-3-5-11(6-4-10)23(17,21)22/h2-8H,1H3,(H2,17,21,22). The summed E-state index contributed by atoms with van der Waals surface area (Å²) < 4.78 is 23.4. The summed E-state index contributed by atoms with van der Waals surface area (Å²) in [7, 11) is -2.07. The molecule has 1 aliphatic heterocycles. The van der Waals surface area contributed by atoms with E-state index in [1.54, 1.807) is 7.05 Å². The summed E-state index contributed by atoms with van der Waals surface area (Å²) in [5, 5.41) is 5.06. The molecule has 6 nitrogen and oxygen atoms in total. The van der Waals surface area contributed by atoms with E-state index in [0.717, 1.165) is 15.7 Å². The molecule has 0 fully saturated rings. The highest BCUT2D eigenvalue weighted by atomic mass is 79.9. The van der Waals surface area contributed by atoms with Gasteiger partial charge in [0.05, 0.1) is 16.3 Å². The van der Waals surface area contributed by atoms with Gasteiger partial charge in [0, 0.05) is 17.1 Å². The highest BCUT2D eigenvalue weighted by Gasteiger charge is 2.31. The number of benzene rings is 2. The Kier molecular flexibility index (Phi) is 3.83. The average molecular weight is 394 g/mol. The molecule has 23 heavy (non-hydrogen) atoms. The fraction of sp³-hybridized carbons (Fsp3) is 0.0667. The predicted octanol–water partition coefficient (Wildman–Crippen LogP) is 2.19. The maximum absolute atomic E-state index is 12.4. The second kappa shape index (κ2) is 5.55. The zero-order chi connectivity index (χ0) is 16.8. The summed E-state index contributed by atoms with van der Waals surface area (Å²) in [5.41, 5.74) is 2.29. The number of nitrogens with zero attached hydrogens (tertiary/aromatic N) is 2. The van der Waals surface area contributed by atoms with Crippen molar-refractivity contribution < 1.29 is 13.2 Å². The van der Waals surface area contributed by atoms with Gasteiger partial charge in [-0.1, -0.05) is 15.9 Å². The van der Waals surface area contributed by atoms with Crippen molar-refractivity contribution in [3.63, 3.8) is 0 Å². The van der Waals surface area contributed by atoms with Crippen LogP contribution in [0.1, 0.15) is 5.56 Å². The smallest absolute Gasteiger partial charge is 0.277 e. The summed E-state index contributed by atoms with van der Waals surface area (Å²) in [6.07, 6.45) is 0. The van der Waals surface area contributed by atoms with Gasteiger partial charge in [0.2, 0.25) is 10.0 Å². The fourth-order valence-corrected chi connectivity index (χ4v) is 3.20. The molecule has 0 spiro atoms. The molecule has 0 saturated carbocycles. The molecule has 0 saturated heterocycles. The number of carbonyl (C=O) groups excluding carboxylic acids is 1. The topological polar surface area (TPSA) is 92.8 Å². The molecule has 0 atom stereocenters. The number of rotatable bonds is 2. The Morgan fingerprint density at radius 3 is 2.39 bits per heavy atom. The second-order valence-corrected chi connectivity index (χ2v) is 7.50. The lowest BCUT2D eigenvalue weighted by Crippen LogP contribution is -2.25. The molecule has 118 valence electrons. The lowest BCUT2D eigenvalue weighted by Gasteiger charge is -2.08. The number of halogens is 1. The van der Waals surface area contributed by atoms with Gasteiger partial charge >= 0.3 is 0 Å². The maximum atomic E-state index is 12.4. The van der Waals surface area contributed by atoms with E-state index in [4.69, 9.17) is 5.14 Å². The van der Waals surface area contributed by atoms with E-state index >= 15 is 0 Å². The molecule has 2 aromatic carbocycles. The number of carbonyl (C=O) groups is 1. The van der Waals surface area contributed by atoms with Crippen LogP contribution in [0.25, 0.3) is 0 Å². The molecule has 2 N–H and O–H groups in total. The first kappa shape index (κ1) is 15.9. The number of amides is 1. The molecule has 2 aromatic rings. The molecule has 8 heteroatoms. The quantitative estimate of drug-likeness (QED) is 0.846. The number of aliphatic imine (C=N–C) groups is 1. The number of anilines is 1. The molecule has 3 rings (SSSR count). The van der Waals surface area contributed by atoms with Crippen molar-refractivity contribution >= 4 is 48.9 Å². The van der Waals surface area contributed by atoms with Crippen molar-refractivity contribution in [2.75, 3.05) is 11.9 Å². The highest BCUT2D eigenvalue weighted by molar-refractivity contribution is 9.10. The predicted molar refractivity (Wildman–Crippen MR) is 91.6 cm³/mol. The Morgan fingerprint density at radius 2 is 1.78 bits per heavy atom. The summed E-state index contributed by atoms with van der Waals surface area (Å²) in [6.45, 7) is 0. The van der Waals surface area contributed by atoms with Gasteiger partial charge in [-0.2, -0.15) is 0 Å². The minimum absolute atomic E-state index is 0.000499. The van der Waals surface area contributed by atoms with Crippen molar-refractivity contribution in [2.45, 2.75) is 4.90 Å². The Morgan fingerprint density at radius 1 is 1.13 bits per heavy atom. The average Bonchev–Trinajstić information content (AvgIpc) is 2.72. The number of hydrogen-bond acceptors (Lipinski definition) is 4. The van der Waals surface area contributed by atoms with Crippen LogP contribution < -0.4 is 10.0 Å². The molecule has 0 unspecified atom stereocenters. The van der Waals surface area contributed by atoms with Gasteiger partial charge in [-0.05, 0) is 42.5 Å². The third kappa shape index (κ3) is 2.92. The van der Waals surface area contributed by atoms with Gasteiger partial charge in [-0.3, -0.25) is 4.79 Å². The molecule has 0 radical (unpaired) electrons. The van der Waals surface area contributed by atoms with Crippen LogP contribution in [0, 0.1) is 0 Å². The summed E-state index contributed by atoms with van der Waals surface area (Å²) in [4.78, 5) is 18.3. The first-order valence-electron chi connectivity index (χ1n) is 6.57. The summed E-state index contributed by atoms with van der Waals surface area (Å²) >= 11 is 3.38. The van der Waals surface area contributed by atoms with Crippen molar-refractivity contribution in [3.8, 4) is 0 Å². The highest BCUT2D eigenvalue weighted by Crippen LogP contribution is 2.32. The minimum Gasteiger partial charge on any atom is -0.309 e. The SMILES string of the molecule is CN1C(=O)C(=Nc2ccc(S(N)(=O)=O)cc2)c2cc(Br)ccc21. The third-order valence-electron chi connectivity index (χ3n) is 3.49. The van der Waals surface area contributed by atoms with Gasteiger partial charge in [0.1, 0.15) is 5.71 Å². The van der Waals surface area contributed by atoms with E-state index in [9.17, 15) is 13.2 Å². The molecule has 1 heterocycles. The molecule has 0 bridgehead atoms. The van der Waals surface area contributed by atoms with Crippen LogP contribution >= 0.6 is 15.9 Å². The molecular weight excluding hydrogens is 382 g/mol. The zero-order valence-electron chi connectivity index (χ0n) is 12.0. The van der Waals surface area contributed by atoms with E-state index in [-0.39, 0.29) is 10.8 Å². The van der Waals surface area contributed by atoms with Crippen LogP contribution in [0.2, 0.25) is 0 Å². The molecular formula is C15H12BrN3O3S. The van der Waals surface area contributed by atoms with Crippen molar-refractivity contribution in [1.29, 1.82) is 0 Å². The Hall–Kier alpha value is -2.03. The lowest BCUT2D eigenvalue weighted by molar-refractivity contribution is -0.111. The maximum Gasteiger partial charge on any atom is 0.277 e. The Bertz CT molecular complexity index is 937. The number of sulfonamides is 1. The number of fused-ring (bicyclic) bond motifs is 1. The Labute approximate surface area is 141 Å². The zero-order valence-corrected chi connectivity index (χ0v) is 14.4.